The molecule has 0 aromatic rings. The number of hydrogen-bond acceptors (Lipinski definition) is 3. The zero-order chi connectivity index (χ0) is 17.5. The molecule has 0 amide bonds. The lowest BCUT2D eigenvalue weighted by molar-refractivity contribution is 0.00578. The van der Waals surface area contributed by atoms with Crippen LogP contribution in [0.1, 0.15) is 67.2 Å². The fourth-order valence-electron chi connectivity index (χ4n) is 3.70. The van der Waals surface area contributed by atoms with Crippen molar-refractivity contribution in [3.05, 3.63) is 11.3 Å². The Morgan fingerprint density at radius 2 is 1.65 bits per heavy atom. The first kappa shape index (κ1) is 18.9. The molecule has 0 unspecified atom stereocenters. The summed E-state index contributed by atoms with van der Waals surface area (Å²) in [7, 11) is 1.16. The summed E-state index contributed by atoms with van der Waals surface area (Å²) >= 11 is 0. The van der Waals surface area contributed by atoms with E-state index in [4.69, 9.17) is 9.31 Å². The lowest BCUT2D eigenvalue weighted by atomic mass is 9.68. The summed E-state index contributed by atoms with van der Waals surface area (Å²) in [5.41, 5.74) is -0.0157. The molecule has 0 bridgehead atoms. The van der Waals surface area contributed by atoms with Gasteiger partial charge < -0.3 is 14.6 Å². The van der Waals surface area contributed by atoms with Crippen LogP contribution in [-0.4, -0.2) is 31.9 Å². The van der Waals surface area contributed by atoms with E-state index in [0.29, 0.717) is 5.92 Å². The van der Waals surface area contributed by atoms with Crippen LogP contribution in [0.5, 0.6) is 0 Å². The van der Waals surface area contributed by atoms with Crippen LogP contribution < -0.4 is 5.32 Å². The van der Waals surface area contributed by atoms with Gasteiger partial charge >= 0.3 is 7.12 Å². The van der Waals surface area contributed by atoms with Gasteiger partial charge in [0.2, 0.25) is 0 Å². The predicted molar refractivity (Wildman–Crippen MR) is 93.9 cm³/mol. The molecule has 0 spiro atoms. The lowest BCUT2D eigenvalue weighted by Crippen LogP contribution is -2.41. The van der Waals surface area contributed by atoms with Crippen LogP contribution in [0.15, 0.2) is 11.3 Å². The molecule has 2 aliphatic rings. The van der Waals surface area contributed by atoms with Gasteiger partial charge in [0.1, 0.15) is 5.73 Å². The minimum absolute atomic E-state index is 0.187. The summed E-state index contributed by atoms with van der Waals surface area (Å²) in [5, 5.41) is 3.28. The molecule has 132 valence electrons. The Hall–Kier alpha value is -0.385. The van der Waals surface area contributed by atoms with Crippen molar-refractivity contribution in [1.82, 2.24) is 5.32 Å². The first-order valence-electron chi connectivity index (χ1n) is 8.88. The van der Waals surface area contributed by atoms with Crippen molar-refractivity contribution in [3.63, 3.8) is 0 Å². The first-order chi connectivity index (χ1) is 10.5. The average Bonchev–Trinajstić information content (AvgIpc) is 2.67. The molecular formula is C18H33BFNO2. The Kier molecular flexibility index (Phi) is 5.35. The SMILES string of the molecule is CNCC(C)(C)C1CCC(=C(F)B2OC(C)(C)C(C)(C)O2)CC1. The van der Waals surface area contributed by atoms with Gasteiger partial charge in [0.25, 0.3) is 0 Å². The predicted octanol–water partition coefficient (Wildman–Crippen LogP) is 4.28. The molecule has 1 N–H and O–H groups in total. The van der Waals surface area contributed by atoms with Crippen LogP contribution in [0.2, 0.25) is 0 Å². The molecule has 0 radical (unpaired) electrons. The molecule has 2 fully saturated rings. The molecule has 1 heterocycles. The number of nitrogens with one attached hydrogen (secondary N) is 1. The average molecular weight is 325 g/mol. The third kappa shape index (κ3) is 3.83. The standard InChI is InChI=1S/C18H33BFNO2/c1-16(2,12-21-7)14-10-8-13(9-11-14)15(20)19-22-17(3,4)18(5,6)23-19/h14,21H,8-12H2,1-7H3. The fourth-order valence-corrected chi connectivity index (χ4v) is 3.70. The largest absolute Gasteiger partial charge is 0.525 e. The molecule has 0 atom stereocenters. The summed E-state index contributed by atoms with van der Waals surface area (Å²) in [5.74, 6) is 0.629. The van der Waals surface area contributed by atoms with Crippen LogP contribution >= 0.6 is 0 Å². The van der Waals surface area contributed by atoms with Gasteiger partial charge in [-0.05, 0) is 77.3 Å². The normalized spacial score (nSPS) is 27.4. The molecule has 1 saturated carbocycles. The minimum Gasteiger partial charge on any atom is -0.398 e. The summed E-state index contributed by atoms with van der Waals surface area (Å²) in [6.45, 7) is 13.4. The highest BCUT2D eigenvalue weighted by Crippen LogP contribution is 2.43. The topological polar surface area (TPSA) is 30.5 Å². The molecule has 0 aromatic heterocycles. The van der Waals surface area contributed by atoms with Gasteiger partial charge in [-0.3, -0.25) is 0 Å². The van der Waals surface area contributed by atoms with Crippen molar-refractivity contribution in [1.29, 1.82) is 0 Å². The molecule has 1 saturated heterocycles. The van der Waals surface area contributed by atoms with Crippen molar-refractivity contribution < 1.29 is 13.7 Å². The smallest absolute Gasteiger partial charge is 0.398 e. The third-order valence-corrected chi connectivity index (χ3v) is 6.12. The van der Waals surface area contributed by atoms with E-state index in [1.807, 2.05) is 34.7 Å². The van der Waals surface area contributed by atoms with Crippen molar-refractivity contribution in [3.8, 4) is 0 Å². The van der Waals surface area contributed by atoms with E-state index in [1.54, 1.807) is 0 Å². The highest BCUT2D eigenvalue weighted by molar-refractivity contribution is 6.53. The second-order valence-corrected chi connectivity index (χ2v) is 8.83. The molecule has 23 heavy (non-hydrogen) atoms. The van der Waals surface area contributed by atoms with Gasteiger partial charge in [0, 0.05) is 6.54 Å². The molecule has 3 nitrogen and oxygen atoms in total. The minimum atomic E-state index is -0.836. The second kappa shape index (κ2) is 6.49. The number of rotatable bonds is 4. The second-order valence-electron chi connectivity index (χ2n) is 8.83. The van der Waals surface area contributed by atoms with E-state index >= 15 is 0 Å². The zero-order valence-electron chi connectivity index (χ0n) is 15.9. The van der Waals surface area contributed by atoms with Gasteiger partial charge in [-0.25, -0.2) is 4.39 Å². The lowest BCUT2D eigenvalue weighted by Gasteiger charge is -2.37. The Balaban J connectivity index is 2.03. The van der Waals surface area contributed by atoms with Crippen molar-refractivity contribution in [2.75, 3.05) is 13.6 Å². The van der Waals surface area contributed by atoms with Gasteiger partial charge in [0.05, 0.1) is 11.2 Å². The van der Waals surface area contributed by atoms with Crippen molar-refractivity contribution >= 4 is 7.12 Å². The maximum absolute atomic E-state index is 14.9. The molecule has 2 rings (SSSR count). The van der Waals surface area contributed by atoms with Gasteiger partial charge in [-0.15, -0.1) is 0 Å². The number of halogens is 1. The third-order valence-electron chi connectivity index (χ3n) is 6.12. The monoisotopic (exact) mass is 325 g/mol. The summed E-state index contributed by atoms with van der Waals surface area (Å²) in [6.07, 6.45) is 3.70. The van der Waals surface area contributed by atoms with Crippen LogP contribution in [0, 0.1) is 11.3 Å². The summed E-state index contributed by atoms with van der Waals surface area (Å²) in [6, 6.07) is 0. The van der Waals surface area contributed by atoms with Gasteiger partial charge in [0.15, 0.2) is 0 Å². The quantitative estimate of drug-likeness (QED) is 0.783. The van der Waals surface area contributed by atoms with E-state index in [0.717, 1.165) is 37.8 Å². The summed E-state index contributed by atoms with van der Waals surface area (Å²) < 4.78 is 26.6. The summed E-state index contributed by atoms with van der Waals surface area (Å²) in [4.78, 5) is 0. The number of hydrogen-bond donors (Lipinski definition) is 1. The maximum Gasteiger partial charge on any atom is 0.525 e. The van der Waals surface area contributed by atoms with E-state index in [1.165, 1.54) is 0 Å². The Labute approximate surface area is 141 Å². The van der Waals surface area contributed by atoms with Crippen LogP contribution in [0.25, 0.3) is 0 Å². The Morgan fingerprint density at radius 3 is 2.09 bits per heavy atom. The highest BCUT2D eigenvalue weighted by atomic mass is 19.1. The van der Waals surface area contributed by atoms with E-state index in [-0.39, 0.29) is 11.1 Å². The van der Waals surface area contributed by atoms with Gasteiger partial charge in [-0.1, -0.05) is 13.8 Å². The van der Waals surface area contributed by atoms with Crippen molar-refractivity contribution in [2.24, 2.45) is 11.3 Å². The van der Waals surface area contributed by atoms with Crippen LogP contribution in [-0.2, 0) is 9.31 Å². The molecular weight excluding hydrogens is 292 g/mol. The van der Waals surface area contributed by atoms with Crippen LogP contribution in [0.3, 0.4) is 0 Å². The molecule has 1 aliphatic heterocycles. The Morgan fingerprint density at radius 1 is 1.17 bits per heavy atom. The maximum atomic E-state index is 14.9. The first-order valence-corrected chi connectivity index (χ1v) is 8.88. The van der Waals surface area contributed by atoms with Crippen LogP contribution in [0.4, 0.5) is 4.39 Å². The Bertz CT molecular complexity index is 448. The highest BCUT2D eigenvalue weighted by Gasteiger charge is 2.53. The molecule has 0 aromatic carbocycles. The van der Waals surface area contributed by atoms with Gasteiger partial charge in [-0.2, -0.15) is 0 Å². The number of allylic oxidation sites excluding steroid dienone is 1. The fraction of sp³-hybridized carbons (Fsp3) is 0.889. The zero-order valence-corrected chi connectivity index (χ0v) is 15.9. The van der Waals surface area contributed by atoms with E-state index < -0.39 is 18.3 Å². The molecule has 5 heteroatoms. The van der Waals surface area contributed by atoms with Crippen molar-refractivity contribution in [2.45, 2.75) is 78.4 Å². The molecule has 1 aliphatic carbocycles. The van der Waals surface area contributed by atoms with E-state index in [2.05, 4.69) is 19.2 Å². The van der Waals surface area contributed by atoms with E-state index in [9.17, 15) is 4.39 Å².